The van der Waals surface area contributed by atoms with Crippen molar-refractivity contribution in [3.63, 3.8) is 0 Å². The molecule has 1 atom stereocenters. The van der Waals surface area contributed by atoms with Gasteiger partial charge in [-0.2, -0.15) is 0 Å². The van der Waals surface area contributed by atoms with Gasteiger partial charge >= 0.3 is 0 Å². The van der Waals surface area contributed by atoms with Gasteiger partial charge in [0.2, 0.25) is 11.8 Å². The molecule has 1 N–H and O–H groups in total. The molecule has 6 nitrogen and oxygen atoms in total. The van der Waals surface area contributed by atoms with E-state index in [9.17, 15) is 9.59 Å². The molecular weight excluding hydrogens is 404 g/mol. The van der Waals surface area contributed by atoms with E-state index in [1.807, 2.05) is 55.4 Å². The zero-order valence-corrected chi connectivity index (χ0v) is 22.7. The van der Waals surface area contributed by atoms with Crippen molar-refractivity contribution in [1.29, 1.82) is 0 Å². The first-order valence-corrected chi connectivity index (χ1v) is 12.4. The lowest BCUT2D eigenvalue weighted by Gasteiger charge is -2.39. The molecule has 1 aliphatic heterocycles. The predicted octanol–water partition coefficient (Wildman–Crippen LogP) is 5.09. The molecule has 0 aromatic carbocycles. The van der Waals surface area contributed by atoms with Crippen LogP contribution in [0.5, 0.6) is 0 Å². The van der Waals surface area contributed by atoms with E-state index in [1.165, 1.54) is 0 Å². The predicted molar refractivity (Wildman–Crippen MR) is 131 cm³/mol. The van der Waals surface area contributed by atoms with Crippen molar-refractivity contribution in [2.75, 3.05) is 13.2 Å². The number of likely N-dealkylation sites (tertiary alicyclic amines) is 1. The zero-order valence-electron chi connectivity index (χ0n) is 22.7. The molecule has 1 rings (SSSR count). The Kier molecular flexibility index (Phi) is 9.80. The molecule has 32 heavy (non-hydrogen) atoms. The van der Waals surface area contributed by atoms with Gasteiger partial charge in [0.25, 0.3) is 0 Å². The van der Waals surface area contributed by atoms with Crippen LogP contribution in [-0.2, 0) is 19.1 Å². The second-order valence-electron chi connectivity index (χ2n) is 12.3. The quantitative estimate of drug-likeness (QED) is 0.446. The van der Waals surface area contributed by atoms with Crippen molar-refractivity contribution in [3.8, 4) is 0 Å². The van der Waals surface area contributed by atoms with Crippen LogP contribution in [0.1, 0.15) is 108 Å². The molecule has 0 radical (unpaired) electrons. The number of amides is 2. The first kappa shape index (κ1) is 28.9. The van der Waals surface area contributed by atoms with Gasteiger partial charge in [0, 0.05) is 24.1 Å². The number of hydrogen-bond donors (Lipinski definition) is 1. The Bertz CT molecular complexity index is 638. The smallest absolute Gasteiger partial charge is 0.243 e. The topological polar surface area (TPSA) is 67.9 Å². The summed E-state index contributed by atoms with van der Waals surface area (Å²) in [7, 11) is 0. The Morgan fingerprint density at radius 2 is 1.59 bits per heavy atom. The van der Waals surface area contributed by atoms with Gasteiger partial charge in [0.15, 0.2) is 0 Å². The van der Waals surface area contributed by atoms with Gasteiger partial charge in [-0.3, -0.25) is 9.59 Å². The first-order valence-electron chi connectivity index (χ1n) is 12.4. The van der Waals surface area contributed by atoms with E-state index in [0.717, 1.165) is 12.8 Å². The number of rotatable bonds is 12. The van der Waals surface area contributed by atoms with Crippen LogP contribution < -0.4 is 5.32 Å². The van der Waals surface area contributed by atoms with Gasteiger partial charge in [-0.15, -0.1) is 0 Å². The number of carbonyl (C=O) groups excluding carboxylic acids is 2. The van der Waals surface area contributed by atoms with Crippen LogP contribution in [0.4, 0.5) is 0 Å². The highest BCUT2D eigenvalue weighted by Crippen LogP contribution is 2.35. The summed E-state index contributed by atoms with van der Waals surface area (Å²) in [6.07, 6.45) is 3.89. The van der Waals surface area contributed by atoms with E-state index in [1.54, 1.807) is 4.90 Å². The molecular formula is C26H50N2O4. The van der Waals surface area contributed by atoms with E-state index in [2.05, 4.69) is 26.1 Å². The van der Waals surface area contributed by atoms with E-state index in [4.69, 9.17) is 9.47 Å². The molecule has 0 bridgehead atoms. The lowest BCUT2D eigenvalue weighted by atomic mass is 9.80. The standard InChI is InChI=1S/C26H50N2O4/c1-12-16-31-25(8,9)17-23(4,5)22(30)28-15-13-14-20(28)21(29)27-24(6,7)18-26(10,11)32-19(2)3/h19-20H,12-18H2,1-11H3,(H,27,29). The number of hydrogen-bond acceptors (Lipinski definition) is 4. The molecule has 188 valence electrons. The Hall–Kier alpha value is -1.14. The van der Waals surface area contributed by atoms with Crippen molar-refractivity contribution in [3.05, 3.63) is 0 Å². The lowest BCUT2D eigenvalue weighted by Crippen LogP contribution is -2.56. The molecule has 1 unspecified atom stereocenters. The molecule has 0 aromatic rings. The van der Waals surface area contributed by atoms with Gasteiger partial charge in [-0.1, -0.05) is 20.8 Å². The molecule has 1 aliphatic rings. The minimum atomic E-state index is -0.608. The van der Waals surface area contributed by atoms with Crippen LogP contribution in [0.3, 0.4) is 0 Å². The summed E-state index contributed by atoms with van der Waals surface area (Å²) in [6.45, 7) is 23.6. The lowest BCUT2D eigenvalue weighted by molar-refractivity contribution is -0.150. The minimum absolute atomic E-state index is 0.0320. The largest absolute Gasteiger partial charge is 0.376 e. The van der Waals surface area contributed by atoms with Crippen molar-refractivity contribution in [2.45, 2.75) is 137 Å². The van der Waals surface area contributed by atoms with E-state index < -0.39 is 22.6 Å². The molecule has 0 spiro atoms. The fourth-order valence-electron chi connectivity index (χ4n) is 5.45. The third-order valence-corrected chi connectivity index (χ3v) is 5.84. The summed E-state index contributed by atoms with van der Waals surface area (Å²) in [4.78, 5) is 28.6. The average molecular weight is 455 g/mol. The highest BCUT2D eigenvalue weighted by molar-refractivity contribution is 5.90. The van der Waals surface area contributed by atoms with E-state index in [0.29, 0.717) is 32.4 Å². The van der Waals surface area contributed by atoms with Gasteiger partial charge in [0.05, 0.1) is 17.3 Å². The third kappa shape index (κ3) is 9.01. The first-order chi connectivity index (χ1) is 14.4. The third-order valence-electron chi connectivity index (χ3n) is 5.84. The maximum absolute atomic E-state index is 13.5. The molecule has 1 heterocycles. The molecule has 0 saturated carbocycles. The molecule has 1 fully saturated rings. The number of carbonyl (C=O) groups is 2. The Labute approximate surface area is 197 Å². The molecule has 1 saturated heterocycles. The van der Waals surface area contributed by atoms with E-state index >= 15 is 0 Å². The highest BCUT2D eigenvalue weighted by Gasteiger charge is 2.44. The molecule has 0 aliphatic carbocycles. The number of ether oxygens (including phenoxy) is 2. The van der Waals surface area contributed by atoms with Crippen LogP contribution in [0, 0.1) is 5.41 Å². The summed E-state index contributed by atoms with van der Waals surface area (Å²) in [5.74, 6) is -0.0388. The van der Waals surface area contributed by atoms with Crippen LogP contribution >= 0.6 is 0 Å². The van der Waals surface area contributed by atoms with Crippen LogP contribution in [0.25, 0.3) is 0 Å². The van der Waals surface area contributed by atoms with Gasteiger partial charge in [0.1, 0.15) is 6.04 Å². The second-order valence-corrected chi connectivity index (χ2v) is 12.3. The maximum atomic E-state index is 13.5. The number of nitrogens with zero attached hydrogens (tertiary/aromatic N) is 1. The molecule has 2 amide bonds. The fraction of sp³-hybridized carbons (Fsp3) is 0.923. The minimum Gasteiger partial charge on any atom is -0.376 e. The van der Waals surface area contributed by atoms with E-state index in [-0.39, 0.29) is 23.5 Å². The van der Waals surface area contributed by atoms with Crippen molar-refractivity contribution >= 4 is 11.8 Å². The van der Waals surface area contributed by atoms with Gasteiger partial charge in [-0.05, 0) is 87.5 Å². The summed E-state index contributed by atoms with van der Waals surface area (Å²) in [5.41, 5.74) is -1.81. The average Bonchev–Trinajstić information content (AvgIpc) is 3.05. The number of nitrogens with one attached hydrogen (secondary N) is 1. The van der Waals surface area contributed by atoms with Crippen LogP contribution in [-0.4, -0.2) is 58.8 Å². The van der Waals surface area contributed by atoms with Gasteiger partial charge in [-0.25, -0.2) is 0 Å². The normalized spacial score (nSPS) is 18.4. The highest BCUT2D eigenvalue weighted by atomic mass is 16.5. The summed E-state index contributed by atoms with van der Waals surface area (Å²) in [5, 5.41) is 3.20. The monoisotopic (exact) mass is 454 g/mol. The zero-order chi connectivity index (χ0) is 25.0. The maximum Gasteiger partial charge on any atom is 0.243 e. The summed E-state index contributed by atoms with van der Waals surface area (Å²) < 4.78 is 12.0. The van der Waals surface area contributed by atoms with Crippen LogP contribution in [0.15, 0.2) is 0 Å². The van der Waals surface area contributed by atoms with Gasteiger partial charge < -0.3 is 19.7 Å². The molecule has 6 heteroatoms. The van der Waals surface area contributed by atoms with Crippen molar-refractivity contribution < 1.29 is 19.1 Å². The second kappa shape index (κ2) is 10.9. The Balaban J connectivity index is 2.87. The van der Waals surface area contributed by atoms with Crippen molar-refractivity contribution in [1.82, 2.24) is 10.2 Å². The van der Waals surface area contributed by atoms with Crippen molar-refractivity contribution in [2.24, 2.45) is 5.41 Å². The molecule has 0 aromatic heterocycles. The Morgan fingerprint density at radius 1 is 1.00 bits per heavy atom. The van der Waals surface area contributed by atoms with Crippen LogP contribution in [0.2, 0.25) is 0 Å². The Morgan fingerprint density at radius 3 is 2.12 bits per heavy atom. The summed E-state index contributed by atoms with van der Waals surface area (Å²) in [6, 6.07) is -0.421. The SMILES string of the molecule is CCCOC(C)(C)CC(C)(C)C(=O)N1CCCC1C(=O)NC(C)(C)CC(C)(C)OC(C)C. The fourth-order valence-corrected chi connectivity index (χ4v) is 5.45. The summed E-state index contributed by atoms with van der Waals surface area (Å²) >= 11 is 0.